The predicted molar refractivity (Wildman–Crippen MR) is 73.2 cm³/mol. The summed E-state index contributed by atoms with van der Waals surface area (Å²) in [7, 11) is -3.15. The van der Waals surface area contributed by atoms with Gasteiger partial charge in [0.1, 0.15) is 0 Å². The van der Waals surface area contributed by atoms with Gasteiger partial charge in [-0.15, -0.1) is 0 Å². The molecule has 0 heterocycles. The Balaban J connectivity index is 0. The van der Waals surface area contributed by atoms with Crippen LogP contribution in [0.25, 0.3) is 6.08 Å². The van der Waals surface area contributed by atoms with Crippen LogP contribution in [-0.4, -0.2) is 19.6 Å². The Morgan fingerprint density at radius 3 is 2.26 bits per heavy atom. The van der Waals surface area contributed by atoms with Crippen molar-refractivity contribution in [2.24, 2.45) is 0 Å². The van der Waals surface area contributed by atoms with Gasteiger partial charge in [0.05, 0.1) is 19.6 Å². The van der Waals surface area contributed by atoms with Gasteiger partial charge in [0.15, 0.2) is 0 Å². The fraction of sp³-hybridized carbons (Fsp3) is 0.385. The molecule has 5 nitrogen and oxygen atoms in total. The van der Waals surface area contributed by atoms with Gasteiger partial charge in [-0.3, -0.25) is 0 Å². The minimum Gasteiger partial charge on any atom is -0.674 e. The second kappa shape index (κ2) is 12.0. The monoisotopic (exact) mass is 287 g/mol. The summed E-state index contributed by atoms with van der Waals surface area (Å²) < 4.78 is 11.3. The number of hydrogen-bond acceptors (Lipinski definition) is 4. The van der Waals surface area contributed by atoms with Gasteiger partial charge in [-0.05, 0) is 30.1 Å². The molecule has 19 heavy (non-hydrogen) atoms. The number of nitrogens with one attached hydrogen (secondary N) is 1. The number of rotatable bonds is 6. The molecule has 0 fully saturated rings. The van der Waals surface area contributed by atoms with E-state index in [2.05, 4.69) is 54.9 Å². The van der Waals surface area contributed by atoms with Crippen LogP contribution in [0.15, 0.2) is 36.4 Å². The fourth-order valence-electron chi connectivity index (χ4n) is 1.46. The maximum atomic E-state index is 8.87. The zero-order chi connectivity index (χ0) is 14.5. The molecule has 0 radical (unpaired) electrons. The molecule has 0 amide bonds. The SMILES string of the molecule is CC[NH+](CC)C/C=C/c1ccccc1.O=[P+]([O-])O[O-].[HH]. The standard InChI is InChI=1S/C13H19N.HO4P.H2/c1-3-14(4-2)12-8-11-13-9-6-5-7-10-13;1-4-5(2)3;/h5-11H,3-4,12H2,1-2H3;1H;1H/b11-8+;;. The van der Waals surface area contributed by atoms with Crippen molar-refractivity contribution in [3.8, 4) is 0 Å². The topological polar surface area (TPSA) is 76.9 Å². The number of hydrogen-bond donors (Lipinski definition) is 1. The fourth-order valence-corrected chi connectivity index (χ4v) is 1.46. The highest BCUT2D eigenvalue weighted by atomic mass is 31.1. The first-order chi connectivity index (χ1) is 9.13. The van der Waals surface area contributed by atoms with E-state index in [9.17, 15) is 0 Å². The molecule has 1 unspecified atom stereocenters. The Morgan fingerprint density at radius 2 is 1.84 bits per heavy atom. The van der Waals surface area contributed by atoms with E-state index in [0.717, 1.165) is 6.54 Å². The van der Waals surface area contributed by atoms with E-state index < -0.39 is 8.25 Å². The van der Waals surface area contributed by atoms with Crippen LogP contribution in [0.1, 0.15) is 20.8 Å². The lowest BCUT2D eigenvalue weighted by Gasteiger charge is -2.11. The van der Waals surface area contributed by atoms with E-state index in [1.54, 1.807) is 4.90 Å². The van der Waals surface area contributed by atoms with Crippen molar-refractivity contribution in [1.29, 1.82) is 0 Å². The summed E-state index contributed by atoms with van der Waals surface area (Å²) in [6, 6.07) is 10.5. The summed E-state index contributed by atoms with van der Waals surface area (Å²) >= 11 is 0. The second-order valence-electron chi connectivity index (χ2n) is 3.77. The summed E-state index contributed by atoms with van der Waals surface area (Å²) in [6.07, 6.45) is 4.46. The Bertz CT molecular complexity index is 372. The van der Waals surface area contributed by atoms with Crippen molar-refractivity contribution in [3.05, 3.63) is 42.0 Å². The highest BCUT2D eigenvalue weighted by Gasteiger charge is 1.96. The van der Waals surface area contributed by atoms with Gasteiger partial charge < -0.3 is 15.1 Å². The predicted octanol–water partition coefficient (Wildman–Crippen LogP) is 0.167. The van der Waals surface area contributed by atoms with Crippen LogP contribution in [-0.2, 0) is 9.24 Å². The van der Waals surface area contributed by atoms with Crippen LogP contribution < -0.4 is 15.1 Å². The van der Waals surface area contributed by atoms with Crippen molar-refractivity contribution in [2.75, 3.05) is 19.6 Å². The Labute approximate surface area is 116 Å². The average Bonchev–Trinajstić information content (AvgIpc) is 2.45. The maximum absolute atomic E-state index is 8.87. The third-order valence-electron chi connectivity index (χ3n) is 2.58. The van der Waals surface area contributed by atoms with Gasteiger partial charge in [-0.1, -0.05) is 36.4 Å². The largest absolute Gasteiger partial charge is 0.674 e. The molecule has 108 valence electrons. The normalized spacial score (nSPS) is 11.3. The molecule has 0 aliphatic carbocycles. The first-order valence-corrected chi connectivity index (χ1v) is 7.23. The van der Waals surface area contributed by atoms with E-state index in [-0.39, 0.29) is 1.43 Å². The van der Waals surface area contributed by atoms with Gasteiger partial charge in [0, 0.05) is 1.43 Å². The van der Waals surface area contributed by atoms with Gasteiger partial charge in [-0.2, -0.15) is 0 Å². The first-order valence-electron chi connectivity index (χ1n) is 6.13. The van der Waals surface area contributed by atoms with E-state index >= 15 is 0 Å². The summed E-state index contributed by atoms with van der Waals surface area (Å²) in [5.41, 5.74) is 1.29. The molecule has 1 N–H and O–H groups in total. The van der Waals surface area contributed by atoms with Crippen LogP contribution in [0.2, 0.25) is 0 Å². The van der Waals surface area contributed by atoms with Crippen LogP contribution in [0.5, 0.6) is 0 Å². The lowest BCUT2D eigenvalue weighted by atomic mass is 10.2. The third-order valence-corrected chi connectivity index (χ3v) is 2.70. The Morgan fingerprint density at radius 1 is 1.32 bits per heavy atom. The molecule has 0 aromatic heterocycles. The number of benzene rings is 1. The molecular weight excluding hydrogens is 265 g/mol. The highest BCUT2D eigenvalue weighted by molar-refractivity contribution is 7.30. The molecule has 0 saturated heterocycles. The lowest BCUT2D eigenvalue weighted by Crippen LogP contribution is -3.11. The van der Waals surface area contributed by atoms with Gasteiger partial charge in [0.25, 0.3) is 0 Å². The summed E-state index contributed by atoms with van der Waals surface area (Å²) in [5.74, 6) is 0. The van der Waals surface area contributed by atoms with Crippen LogP contribution in [0, 0.1) is 0 Å². The van der Waals surface area contributed by atoms with Crippen molar-refractivity contribution < 1.29 is 25.7 Å². The van der Waals surface area contributed by atoms with E-state index in [4.69, 9.17) is 14.7 Å². The van der Waals surface area contributed by atoms with Crippen molar-refractivity contribution in [3.63, 3.8) is 0 Å². The van der Waals surface area contributed by atoms with E-state index in [0.29, 0.717) is 0 Å². The van der Waals surface area contributed by atoms with Gasteiger partial charge in [-0.25, -0.2) is 4.67 Å². The first kappa shape index (κ1) is 17.9. The molecule has 0 aliphatic heterocycles. The Hall–Kier alpha value is -1.10. The Kier molecular flexibility index (Phi) is 11.3. The molecule has 0 spiro atoms. The molecule has 1 aromatic rings. The zero-order valence-electron chi connectivity index (χ0n) is 11.2. The molecule has 0 bridgehead atoms. The van der Waals surface area contributed by atoms with Crippen LogP contribution in [0.4, 0.5) is 0 Å². The van der Waals surface area contributed by atoms with E-state index in [1.165, 1.54) is 18.7 Å². The molecule has 1 atom stereocenters. The second-order valence-corrected chi connectivity index (χ2v) is 4.37. The molecule has 0 aliphatic rings. The van der Waals surface area contributed by atoms with Crippen LogP contribution >= 0.6 is 8.25 Å². The molecule has 0 saturated carbocycles. The van der Waals surface area contributed by atoms with E-state index in [1.807, 2.05) is 6.07 Å². The molecule has 6 heteroatoms. The third kappa shape index (κ3) is 10.5. The minimum absolute atomic E-state index is 0. The molecular formula is C13H22NO4P. The number of quaternary nitrogens is 1. The molecule has 1 aromatic carbocycles. The van der Waals surface area contributed by atoms with Gasteiger partial charge >= 0.3 is 8.25 Å². The molecule has 1 rings (SSSR count). The summed E-state index contributed by atoms with van der Waals surface area (Å²) in [4.78, 5) is 10.5. The summed E-state index contributed by atoms with van der Waals surface area (Å²) in [5, 5.41) is 8.53. The van der Waals surface area contributed by atoms with Gasteiger partial charge in [0.2, 0.25) is 0 Å². The number of likely N-dealkylation sites (N-methyl/N-ethyl adjacent to an activating group) is 1. The average molecular weight is 287 g/mol. The maximum Gasteiger partial charge on any atom is 0.479 e. The summed E-state index contributed by atoms with van der Waals surface area (Å²) in [6.45, 7) is 8.00. The van der Waals surface area contributed by atoms with Crippen molar-refractivity contribution >= 4 is 14.3 Å². The van der Waals surface area contributed by atoms with Crippen LogP contribution in [0.3, 0.4) is 0 Å². The minimum atomic E-state index is -3.15. The smallest absolute Gasteiger partial charge is 0.479 e. The highest BCUT2D eigenvalue weighted by Crippen LogP contribution is 1.99. The zero-order valence-corrected chi connectivity index (χ0v) is 12.1. The van der Waals surface area contributed by atoms with Crippen molar-refractivity contribution in [1.82, 2.24) is 0 Å². The van der Waals surface area contributed by atoms with Crippen molar-refractivity contribution in [2.45, 2.75) is 13.8 Å². The lowest BCUT2D eigenvalue weighted by molar-refractivity contribution is -0.890. The quantitative estimate of drug-likeness (QED) is 0.459.